The Morgan fingerprint density at radius 2 is 2.06 bits per heavy atom. The van der Waals surface area contributed by atoms with E-state index in [0.29, 0.717) is 6.61 Å². The normalized spacial score (nSPS) is 12.4. The molecule has 2 rings (SSSR count). The Balaban J connectivity index is 1.97. The Morgan fingerprint density at radius 1 is 1.29 bits per heavy atom. The van der Waals surface area contributed by atoms with Crippen LogP contribution in [0.4, 0.5) is 0 Å². The Bertz CT molecular complexity index is 453. The van der Waals surface area contributed by atoms with E-state index in [2.05, 4.69) is 10.4 Å². The first kappa shape index (κ1) is 11.7. The van der Waals surface area contributed by atoms with Crippen molar-refractivity contribution in [2.45, 2.75) is 6.04 Å². The van der Waals surface area contributed by atoms with Gasteiger partial charge in [-0.25, -0.2) is 0 Å². The minimum absolute atomic E-state index is 0.108. The third-order valence-electron chi connectivity index (χ3n) is 2.60. The van der Waals surface area contributed by atoms with Crippen LogP contribution in [0.3, 0.4) is 0 Å². The van der Waals surface area contributed by atoms with Gasteiger partial charge in [-0.3, -0.25) is 4.68 Å². The van der Waals surface area contributed by atoms with Crippen molar-refractivity contribution in [3.05, 3.63) is 48.3 Å². The number of likely N-dealkylation sites (N-methyl/N-ethyl adjacent to an activating group) is 1. The fraction of sp³-hybridized carbons (Fsp3) is 0.308. The maximum atomic E-state index is 5.71. The van der Waals surface area contributed by atoms with E-state index in [4.69, 9.17) is 4.74 Å². The molecule has 0 radical (unpaired) electrons. The second kappa shape index (κ2) is 5.50. The summed E-state index contributed by atoms with van der Waals surface area (Å²) in [5.41, 5.74) is 0.992. The van der Waals surface area contributed by atoms with Crippen LogP contribution in [0.15, 0.2) is 42.6 Å². The number of ether oxygens (including phenoxy) is 1. The molecule has 1 aromatic heterocycles. The van der Waals surface area contributed by atoms with Crippen molar-refractivity contribution in [1.29, 1.82) is 0 Å². The molecule has 1 aromatic carbocycles. The van der Waals surface area contributed by atoms with Crippen LogP contribution in [0, 0.1) is 0 Å². The first-order valence-electron chi connectivity index (χ1n) is 5.64. The SMILES string of the molecule is CNC(COc1ccccc1)c1ccn(C)n1. The lowest BCUT2D eigenvalue weighted by molar-refractivity contribution is 0.270. The Hall–Kier alpha value is -1.81. The molecule has 17 heavy (non-hydrogen) atoms. The molecule has 0 aliphatic rings. The van der Waals surface area contributed by atoms with Crippen LogP contribution in [0.25, 0.3) is 0 Å². The summed E-state index contributed by atoms with van der Waals surface area (Å²) < 4.78 is 7.50. The van der Waals surface area contributed by atoms with Gasteiger partial charge in [0.05, 0.1) is 11.7 Å². The van der Waals surface area contributed by atoms with Gasteiger partial charge in [0.25, 0.3) is 0 Å². The molecule has 1 atom stereocenters. The van der Waals surface area contributed by atoms with Crippen LogP contribution < -0.4 is 10.1 Å². The van der Waals surface area contributed by atoms with Crippen LogP contribution in [0.2, 0.25) is 0 Å². The van der Waals surface area contributed by atoms with Gasteiger partial charge in [0.1, 0.15) is 12.4 Å². The summed E-state index contributed by atoms with van der Waals surface area (Å²) in [7, 11) is 3.82. The van der Waals surface area contributed by atoms with Gasteiger partial charge >= 0.3 is 0 Å². The Morgan fingerprint density at radius 3 is 2.65 bits per heavy atom. The molecule has 0 bridgehead atoms. The van der Waals surface area contributed by atoms with Crippen molar-refractivity contribution in [2.75, 3.05) is 13.7 Å². The van der Waals surface area contributed by atoms with E-state index in [1.165, 1.54) is 0 Å². The molecule has 0 saturated heterocycles. The van der Waals surface area contributed by atoms with E-state index < -0.39 is 0 Å². The van der Waals surface area contributed by atoms with Gasteiger partial charge in [0, 0.05) is 13.2 Å². The van der Waals surface area contributed by atoms with Crippen molar-refractivity contribution in [3.63, 3.8) is 0 Å². The Labute approximate surface area is 101 Å². The molecule has 0 spiro atoms. The number of benzene rings is 1. The predicted octanol–water partition coefficient (Wildman–Crippen LogP) is 1.76. The molecule has 0 fully saturated rings. The van der Waals surface area contributed by atoms with E-state index in [0.717, 1.165) is 11.4 Å². The minimum Gasteiger partial charge on any atom is -0.492 e. The predicted molar refractivity (Wildman–Crippen MR) is 66.9 cm³/mol. The molecule has 0 aliphatic heterocycles. The topological polar surface area (TPSA) is 39.1 Å². The number of aryl methyl sites for hydroxylation is 1. The second-order valence-electron chi connectivity index (χ2n) is 3.88. The van der Waals surface area contributed by atoms with E-state index in [9.17, 15) is 0 Å². The van der Waals surface area contributed by atoms with Crippen LogP contribution in [-0.4, -0.2) is 23.4 Å². The molecule has 1 unspecified atom stereocenters. The van der Waals surface area contributed by atoms with Gasteiger partial charge in [-0.1, -0.05) is 18.2 Å². The summed E-state index contributed by atoms with van der Waals surface area (Å²) >= 11 is 0. The lowest BCUT2D eigenvalue weighted by Gasteiger charge is -2.14. The van der Waals surface area contributed by atoms with Gasteiger partial charge in [-0.15, -0.1) is 0 Å². The highest BCUT2D eigenvalue weighted by molar-refractivity contribution is 5.21. The number of hydrogen-bond acceptors (Lipinski definition) is 3. The largest absolute Gasteiger partial charge is 0.492 e. The number of aromatic nitrogens is 2. The van der Waals surface area contributed by atoms with Crippen molar-refractivity contribution >= 4 is 0 Å². The van der Waals surface area contributed by atoms with Gasteiger partial charge in [-0.2, -0.15) is 5.10 Å². The van der Waals surface area contributed by atoms with E-state index in [1.54, 1.807) is 4.68 Å². The van der Waals surface area contributed by atoms with E-state index in [1.807, 2.05) is 56.7 Å². The third kappa shape index (κ3) is 3.07. The van der Waals surface area contributed by atoms with Crippen LogP contribution in [0.1, 0.15) is 11.7 Å². The second-order valence-corrected chi connectivity index (χ2v) is 3.88. The zero-order valence-corrected chi connectivity index (χ0v) is 10.1. The minimum atomic E-state index is 0.108. The number of nitrogens with one attached hydrogen (secondary N) is 1. The average molecular weight is 231 g/mol. The van der Waals surface area contributed by atoms with Crippen molar-refractivity contribution in [2.24, 2.45) is 7.05 Å². The first-order chi connectivity index (χ1) is 8.29. The van der Waals surface area contributed by atoms with Gasteiger partial charge < -0.3 is 10.1 Å². The van der Waals surface area contributed by atoms with Crippen molar-refractivity contribution in [3.8, 4) is 5.75 Å². The molecule has 4 heteroatoms. The maximum Gasteiger partial charge on any atom is 0.119 e. The van der Waals surface area contributed by atoms with Gasteiger partial charge in [-0.05, 0) is 25.2 Å². The van der Waals surface area contributed by atoms with Gasteiger partial charge in [0.2, 0.25) is 0 Å². The summed E-state index contributed by atoms with van der Waals surface area (Å²) in [5.74, 6) is 0.878. The first-order valence-corrected chi connectivity index (χ1v) is 5.64. The molecule has 0 amide bonds. The van der Waals surface area contributed by atoms with Crippen LogP contribution >= 0.6 is 0 Å². The monoisotopic (exact) mass is 231 g/mol. The number of nitrogens with zero attached hydrogens (tertiary/aromatic N) is 2. The van der Waals surface area contributed by atoms with E-state index >= 15 is 0 Å². The van der Waals surface area contributed by atoms with Crippen molar-refractivity contribution < 1.29 is 4.74 Å². The lowest BCUT2D eigenvalue weighted by Crippen LogP contribution is -2.23. The number of para-hydroxylation sites is 1. The summed E-state index contributed by atoms with van der Waals surface area (Å²) in [4.78, 5) is 0. The number of hydrogen-bond donors (Lipinski definition) is 1. The molecular weight excluding hydrogens is 214 g/mol. The van der Waals surface area contributed by atoms with Crippen LogP contribution in [-0.2, 0) is 7.05 Å². The molecule has 2 aromatic rings. The molecular formula is C13H17N3O. The van der Waals surface area contributed by atoms with Crippen LogP contribution in [0.5, 0.6) is 5.75 Å². The quantitative estimate of drug-likeness (QED) is 0.852. The number of rotatable bonds is 5. The summed E-state index contributed by atoms with van der Waals surface area (Å²) in [5, 5.41) is 7.57. The molecule has 1 heterocycles. The maximum absolute atomic E-state index is 5.71. The fourth-order valence-corrected chi connectivity index (χ4v) is 1.63. The molecule has 0 saturated carbocycles. The Kier molecular flexibility index (Phi) is 3.77. The smallest absolute Gasteiger partial charge is 0.119 e. The standard InChI is InChI=1S/C13H17N3O/c1-14-13(12-8-9-16(2)15-12)10-17-11-6-4-3-5-7-11/h3-9,13-14H,10H2,1-2H3. The lowest BCUT2D eigenvalue weighted by atomic mass is 10.2. The highest BCUT2D eigenvalue weighted by atomic mass is 16.5. The highest BCUT2D eigenvalue weighted by Gasteiger charge is 2.12. The van der Waals surface area contributed by atoms with Gasteiger partial charge in [0.15, 0.2) is 0 Å². The average Bonchev–Trinajstić information content (AvgIpc) is 2.78. The molecule has 90 valence electrons. The molecule has 0 aliphatic carbocycles. The summed E-state index contributed by atoms with van der Waals surface area (Å²) in [6.45, 7) is 0.567. The molecule has 1 N–H and O–H groups in total. The third-order valence-corrected chi connectivity index (χ3v) is 2.60. The summed E-state index contributed by atoms with van der Waals surface area (Å²) in [6.07, 6.45) is 1.93. The highest BCUT2D eigenvalue weighted by Crippen LogP contribution is 2.14. The summed E-state index contributed by atoms with van der Waals surface area (Å²) in [6, 6.07) is 11.9. The zero-order valence-electron chi connectivity index (χ0n) is 10.1. The van der Waals surface area contributed by atoms with E-state index in [-0.39, 0.29) is 6.04 Å². The van der Waals surface area contributed by atoms with Crippen molar-refractivity contribution in [1.82, 2.24) is 15.1 Å². The fourth-order valence-electron chi connectivity index (χ4n) is 1.63. The molecule has 4 nitrogen and oxygen atoms in total. The zero-order chi connectivity index (χ0) is 12.1.